The molecule has 9 aromatic rings. The fourth-order valence-corrected chi connectivity index (χ4v) is 8.02. The topological polar surface area (TPSA) is 29.5 Å². The zero-order valence-corrected chi connectivity index (χ0v) is 26.7. The first-order chi connectivity index (χ1) is 23.6. The van der Waals surface area contributed by atoms with E-state index < -0.39 is 0 Å². The number of furan rings is 2. The maximum Gasteiger partial charge on any atom is 0.159 e. The highest BCUT2D eigenvalue weighted by Crippen LogP contribution is 2.56. The Kier molecular flexibility index (Phi) is 5.63. The molecule has 2 aromatic heterocycles. The van der Waals surface area contributed by atoms with E-state index in [4.69, 9.17) is 8.83 Å². The number of nitrogens with zero attached hydrogens (tertiary/aromatic N) is 1. The Labute approximate surface area is 278 Å². The van der Waals surface area contributed by atoms with Gasteiger partial charge in [0.2, 0.25) is 0 Å². The molecule has 0 N–H and O–H groups in total. The van der Waals surface area contributed by atoms with Crippen molar-refractivity contribution >= 4 is 60.9 Å². The lowest BCUT2D eigenvalue weighted by Crippen LogP contribution is -2.16. The number of benzene rings is 7. The van der Waals surface area contributed by atoms with Crippen LogP contribution in [0.2, 0.25) is 0 Å². The standard InChI is InChI=1S/C45H31NO2/c1-45(2)37-17-9-6-14-32(37)36-27-38(44-42(43(36)45)34-16-8-11-19-40(34)48-44)46(30-22-20-29(21-23-30)28-12-4-3-5-13-28)31-24-25-41-35(26-31)33-15-7-10-18-39(33)47-41/h3-27H,1-2H3. The average molecular weight is 618 g/mol. The Morgan fingerprint density at radius 3 is 1.92 bits per heavy atom. The quantitative estimate of drug-likeness (QED) is 0.197. The highest BCUT2D eigenvalue weighted by molar-refractivity contribution is 6.16. The van der Waals surface area contributed by atoms with Gasteiger partial charge >= 0.3 is 0 Å². The van der Waals surface area contributed by atoms with Gasteiger partial charge in [-0.1, -0.05) is 117 Å². The molecule has 0 fully saturated rings. The molecule has 0 aliphatic heterocycles. The highest BCUT2D eigenvalue weighted by Gasteiger charge is 2.39. The molecule has 0 amide bonds. The minimum Gasteiger partial charge on any atom is -0.456 e. The van der Waals surface area contributed by atoms with Crippen LogP contribution < -0.4 is 4.90 Å². The van der Waals surface area contributed by atoms with Crippen LogP contribution in [0, 0.1) is 0 Å². The number of rotatable bonds is 4. The molecule has 3 nitrogen and oxygen atoms in total. The molecule has 0 bridgehead atoms. The second-order valence-corrected chi connectivity index (χ2v) is 13.3. The third-order valence-corrected chi connectivity index (χ3v) is 10.2. The van der Waals surface area contributed by atoms with Crippen molar-refractivity contribution in [1.82, 2.24) is 0 Å². The Hall–Kier alpha value is -6.06. The van der Waals surface area contributed by atoms with Gasteiger partial charge in [0, 0.05) is 38.3 Å². The molecule has 0 spiro atoms. The van der Waals surface area contributed by atoms with Crippen LogP contribution in [0.4, 0.5) is 17.1 Å². The van der Waals surface area contributed by atoms with Crippen molar-refractivity contribution in [2.75, 3.05) is 4.90 Å². The molecule has 48 heavy (non-hydrogen) atoms. The Morgan fingerprint density at radius 1 is 0.479 bits per heavy atom. The van der Waals surface area contributed by atoms with Gasteiger partial charge in [-0.05, 0) is 81.9 Å². The van der Waals surface area contributed by atoms with Crippen molar-refractivity contribution in [2.24, 2.45) is 0 Å². The van der Waals surface area contributed by atoms with Gasteiger partial charge in [0.25, 0.3) is 0 Å². The first kappa shape index (κ1) is 27.1. The van der Waals surface area contributed by atoms with E-state index in [-0.39, 0.29) is 5.41 Å². The number of para-hydroxylation sites is 2. The molecule has 10 rings (SSSR count). The van der Waals surface area contributed by atoms with Gasteiger partial charge in [0.05, 0.1) is 5.69 Å². The van der Waals surface area contributed by atoms with E-state index in [0.29, 0.717) is 0 Å². The molecule has 1 aliphatic carbocycles. The predicted octanol–water partition coefficient (Wildman–Crippen LogP) is 12.9. The summed E-state index contributed by atoms with van der Waals surface area (Å²) >= 11 is 0. The number of hydrogen-bond donors (Lipinski definition) is 0. The Morgan fingerprint density at radius 2 is 1.10 bits per heavy atom. The Bertz CT molecular complexity index is 2690. The first-order valence-electron chi connectivity index (χ1n) is 16.5. The fourth-order valence-electron chi connectivity index (χ4n) is 8.02. The largest absolute Gasteiger partial charge is 0.456 e. The minimum absolute atomic E-state index is 0.188. The second kappa shape index (κ2) is 9.97. The van der Waals surface area contributed by atoms with Crippen molar-refractivity contribution in [1.29, 1.82) is 0 Å². The van der Waals surface area contributed by atoms with E-state index in [1.54, 1.807) is 0 Å². The summed E-state index contributed by atoms with van der Waals surface area (Å²) in [5, 5.41) is 4.51. The first-order valence-corrected chi connectivity index (χ1v) is 16.5. The van der Waals surface area contributed by atoms with Crippen molar-refractivity contribution in [3.8, 4) is 22.3 Å². The van der Waals surface area contributed by atoms with Crippen molar-refractivity contribution in [2.45, 2.75) is 19.3 Å². The van der Waals surface area contributed by atoms with Crippen LogP contribution in [0.1, 0.15) is 25.0 Å². The summed E-state index contributed by atoms with van der Waals surface area (Å²) in [7, 11) is 0. The Balaban J connectivity index is 1.29. The van der Waals surface area contributed by atoms with Crippen molar-refractivity contribution in [3.63, 3.8) is 0 Å². The van der Waals surface area contributed by atoms with Gasteiger partial charge in [-0.3, -0.25) is 0 Å². The molecule has 228 valence electrons. The van der Waals surface area contributed by atoms with Crippen LogP contribution in [0.15, 0.2) is 160 Å². The van der Waals surface area contributed by atoms with Gasteiger partial charge in [0.15, 0.2) is 5.58 Å². The number of hydrogen-bond acceptors (Lipinski definition) is 3. The summed E-state index contributed by atoms with van der Waals surface area (Å²) in [5.74, 6) is 0. The molecule has 3 heteroatoms. The van der Waals surface area contributed by atoms with Crippen LogP contribution >= 0.6 is 0 Å². The molecule has 0 unspecified atom stereocenters. The van der Waals surface area contributed by atoms with Gasteiger partial charge in [-0.2, -0.15) is 0 Å². The van der Waals surface area contributed by atoms with Gasteiger partial charge < -0.3 is 13.7 Å². The molecule has 2 heterocycles. The number of fused-ring (bicyclic) bond motifs is 10. The van der Waals surface area contributed by atoms with Crippen LogP contribution in [-0.4, -0.2) is 0 Å². The molecule has 0 atom stereocenters. The molecular formula is C45H31NO2. The highest BCUT2D eigenvalue weighted by atomic mass is 16.3. The zero-order valence-electron chi connectivity index (χ0n) is 26.7. The molecule has 1 aliphatic rings. The summed E-state index contributed by atoms with van der Waals surface area (Å²) in [5.41, 5.74) is 14.0. The summed E-state index contributed by atoms with van der Waals surface area (Å²) < 4.78 is 13.2. The maximum absolute atomic E-state index is 6.90. The lowest BCUT2D eigenvalue weighted by molar-refractivity contribution is 0.657. The molecule has 0 saturated carbocycles. The van der Waals surface area contributed by atoms with Gasteiger partial charge in [0.1, 0.15) is 16.7 Å². The van der Waals surface area contributed by atoms with E-state index in [2.05, 4.69) is 158 Å². The molecule has 7 aromatic carbocycles. The molecule has 0 radical (unpaired) electrons. The predicted molar refractivity (Wildman–Crippen MR) is 199 cm³/mol. The van der Waals surface area contributed by atoms with E-state index in [1.807, 2.05) is 12.1 Å². The maximum atomic E-state index is 6.90. The van der Waals surface area contributed by atoms with Crippen LogP contribution in [0.5, 0.6) is 0 Å². The normalized spacial score (nSPS) is 13.4. The molecular weight excluding hydrogens is 587 g/mol. The fraction of sp³-hybridized carbons (Fsp3) is 0.0667. The lowest BCUT2D eigenvalue weighted by atomic mass is 9.80. The van der Waals surface area contributed by atoms with E-state index in [1.165, 1.54) is 38.8 Å². The summed E-state index contributed by atoms with van der Waals surface area (Å²) in [6.45, 7) is 4.69. The van der Waals surface area contributed by atoms with E-state index in [9.17, 15) is 0 Å². The third-order valence-electron chi connectivity index (χ3n) is 10.2. The number of anilines is 3. The summed E-state index contributed by atoms with van der Waals surface area (Å²) in [4.78, 5) is 2.36. The van der Waals surface area contributed by atoms with Crippen LogP contribution in [0.25, 0.3) is 66.1 Å². The monoisotopic (exact) mass is 617 g/mol. The molecule has 0 saturated heterocycles. The summed E-state index contributed by atoms with van der Waals surface area (Å²) in [6, 6.07) is 53.9. The van der Waals surface area contributed by atoms with E-state index in [0.717, 1.165) is 55.6 Å². The third kappa shape index (κ3) is 3.82. The minimum atomic E-state index is -0.188. The zero-order chi connectivity index (χ0) is 32.0. The van der Waals surface area contributed by atoms with Gasteiger partial charge in [-0.15, -0.1) is 0 Å². The second-order valence-electron chi connectivity index (χ2n) is 13.3. The summed E-state index contributed by atoms with van der Waals surface area (Å²) in [6.07, 6.45) is 0. The van der Waals surface area contributed by atoms with Crippen molar-refractivity contribution in [3.05, 3.63) is 163 Å². The SMILES string of the molecule is CC1(C)c2ccccc2-c2cc(N(c3ccc(-c4ccccc4)cc3)c3ccc4oc5ccccc5c4c3)c3oc4ccccc4c3c21. The lowest BCUT2D eigenvalue weighted by Gasteiger charge is -2.28. The van der Waals surface area contributed by atoms with Crippen LogP contribution in [-0.2, 0) is 5.41 Å². The van der Waals surface area contributed by atoms with Crippen LogP contribution in [0.3, 0.4) is 0 Å². The van der Waals surface area contributed by atoms with E-state index >= 15 is 0 Å². The van der Waals surface area contributed by atoms with Gasteiger partial charge in [-0.25, -0.2) is 0 Å². The average Bonchev–Trinajstić information content (AvgIpc) is 3.77. The smallest absolute Gasteiger partial charge is 0.159 e. The van der Waals surface area contributed by atoms with Crippen molar-refractivity contribution < 1.29 is 8.83 Å².